The SMILES string of the molecule is Cc1c(NC(=O)c2ccc(NC(=O)c3ccc(NC(=O)C(CC#N)CC(=O)c4ccc(CC(=O)Cc5ccc(F)cc5)cc4)cc3)c(C)c2O)ccc(C(=O)O)c1O. The van der Waals surface area contributed by atoms with Crippen molar-refractivity contribution in [2.24, 2.45) is 5.92 Å². The standard InChI is InChI=1S/C44H37FN4O9/c1-24-36(17-15-34(39(24)52)43(56)49-37-18-16-35(44(57)58)40(53)25(37)2)48-41(54)29-9-13-32(14-10-29)47-42(55)30(19-20-46)23-38(51)28-7-3-26(4-8-28)21-33(50)22-27-5-11-31(45)12-6-27/h3-18,30,52-53H,19,21-23H2,1-2H3,(H,47,55)(H,48,54)(H,49,56)(H,57,58). The van der Waals surface area contributed by atoms with Crippen LogP contribution in [-0.4, -0.2) is 50.6 Å². The van der Waals surface area contributed by atoms with Gasteiger partial charge in [0.1, 0.15) is 28.7 Å². The lowest BCUT2D eigenvalue weighted by Crippen LogP contribution is -2.25. The van der Waals surface area contributed by atoms with Crippen LogP contribution in [0, 0.1) is 36.9 Å². The van der Waals surface area contributed by atoms with Gasteiger partial charge in [-0.3, -0.25) is 24.0 Å². The van der Waals surface area contributed by atoms with Gasteiger partial charge in [-0.2, -0.15) is 5.26 Å². The predicted octanol–water partition coefficient (Wildman–Crippen LogP) is 7.15. The molecule has 0 aliphatic heterocycles. The van der Waals surface area contributed by atoms with Crippen molar-refractivity contribution in [3.63, 3.8) is 0 Å². The van der Waals surface area contributed by atoms with Crippen LogP contribution in [0.1, 0.15) is 76.5 Å². The lowest BCUT2D eigenvalue weighted by molar-refractivity contribution is -0.120. The topological polar surface area (TPSA) is 223 Å². The van der Waals surface area contributed by atoms with Gasteiger partial charge in [-0.25, -0.2) is 9.18 Å². The first-order valence-corrected chi connectivity index (χ1v) is 17.8. The Kier molecular flexibility index (Phi) is 13.1. The number of aromatic carboxylic acids is 1. The van der Waals surface area contributed by atoms with Gasteiger partial charge in [-0.05, 0) is 85.6 Å². The van der Waals surface area contributed by atoms with E-state index in [1.807, 2.05) is 6.07 Å². The first kappa shape index (κ1) is 41.5. The molecule has 58 heavy (non-hydrogen) atoms. The number of aromatic hydroxyl groups is 2. The molecule has 0 saturated heterocycles. The molecule has 1 atom stereocenters. The third-order valence-corrected chi connectivity index (χ3v) is 9.38. The van der Waals surface area contributed by atoms with Crippen molar-refractivity contribution >= 4 is 52.3 Å². The monoisotopic (exact) mass is 784 g/mol. The Morgan fingerprint density at radius 1 is 0.655 bits per heavy atom. The summed E-state index contributed by atoms with van der Waals surface area (Å²) in [5.74, 6) is -5.99. The highest BCUT2D eigenvalue weighted by atomic mass is 19.1. The molecular weight excluding hydrogens is 748 g/mol. The van der Waals surface area contributed by atoms with Gasteiger partial charge in [-0.1, -0.05) is 36.4 Å². The van der Waals surface area contributed by atoms with Crippen LogP contribution in [0.4, 0.5) is 21.5 Å². The summed E-state index contributed by atoms with van der Waals surface area (Å²) < 4.78 is 13.2. The van der Waals surface area contributed by atoms with Gasteiger partial charge in [0.2, 0.25) is 5.91 Å². The highest BCUT2D eigenvalue weighted by molar-refractivity contribution is 6.09. The zero-order valence-electron chi connectivity index (χ0n) is 31.3. The highest BCUT2D eigenvalue weighted by Gasteiger charge is 2.24. The maximum Gasteiger partial charge on any atom is 0.339 e. The fourth-order valence-corrected chi connectivity index (χ4v) is 6.00. The van der Waals surface area contributed by atoms with E-state index >= 15 is 0 Å². The van der Waals surface area contributed by atoms with E-state index in [2.05, 4.69) is 16.0 Å². The molecule has 1 unspecified atom stereocenters. The van der Waals surface area contributed by atoms with E-state index in [4.69, 9.17) is 0 Å². The van der Waals surface area contributed by atoms with Crippen molar-refractivity contribution in [3.05, 3.63) is 147 Å². The highest BCUT2D eigenvalue weighted by Crippen LogP contribution is 2.32. The van der Waals surface area contributed by atoms with Gasteiger partial charge < -0.3 is 31.3 Å². The lowest BCUT2D eigenvalue weighted by atomic mass is 9.94. The Hall–Kier alpha value is -7.66. The number of nitriles is 1. The van der Waals surface area contributed by atoms with E-state index < -0.39 is 41.1 Å². The number of nitrogens with zero attached hydrogens (tertiary/aromatic N) is 1. The Morgan fingerprint density at radius 3 is 1.71 bits per heavy atom. The summed E-state index contributed by atoms with van der Waals surface area (Å²) in [6.45, 7) is 2.91. The smallest absolute Gasteiger partial charge is 0.339 e. The van der Waals surface area contributed by atoms with Crippen LogP contribution >= 0.6 is 0 Å². The van der Waals surface area contributed by atoms with Crippen LogP contribution < -0.4 is 16.0 Å². The molecule has 0 aromatic heterocycles. The molecule has 3 amide bonds. The number of carbonyl (C=O) groups is 6. The van der Waals surface area contributed by atoms with Crippen molar-refractivity contribution in [1.29, 1.82) is 5.26 Å². The largest absolute Gasteiger partial charge is 0.507 e. The van der Waals surface area contributed by atoms with Crippen LogP contribution in [0.3, 0.4) is 0 Å². The maximum absolute atomic E-state index is 13.2. The molecule has 0 heterocycles. The van der Waals surface area contributed by atoms with Crippen molar-refractivity contribution < 1.29 is 48.5 Å². The summed E-state index contributed by atoms with van der Waals surface area (Å²) in [4.78, 5) is 76.1. The molecule has 5 rings (SSSR count). The van der Waals surface area contributed by atoms with E-state index in [0.29, 0.717) is 22.4 Å². The van der Waals surface area contributed by atoms with Gasteiger partial charge in [0.15, 0.2) is 5.78 Å². The number of amides is 3. The van der Waals surface area contributed by atoms with Crippen molar-refractivity contribution in [1.82, 2.24) is 0 Å². The fourth-order valence-electron chi connectivity index (χ4n) is 6.00. The van der Waals surface area contributed by atoms with E-state index in [-0.39, 0.29) is 82.3 Å². The quantitative estimate of drug-likeness (QED) is 0.0588. The summed E-state index contributed by atoms with van der Waals surface area (Å²) >= 11 is 0. The lowest BCUT2D eigenvalue weighted by Gasteiger charge is -2.15. The van der Waals surface area contributed by atoms with E-state index in [1.165, 1.54) is 68.4 Å². The van der Waals surface area contributed by atoms with Crippen LogP contribution in [-0.2, 0) is 22.4 Å². The predicted molar refractivity (Wildman–Crippen MR) is 212 cm³/mol. The number of phenols is 2. The molecule has 0 radical (unpaired) electrons. The number of nitrogens with one attached hydrogen (secondary N) is 3. The number of ketones is 2. The number of carbonyl (C=O) groups excluding carboxylic acids is 5. The van der Waals surface area contributed by atoms with Crippen molar-refractivity contribution in [2.75, 3.05) is 16.0 Å². The molecule has 13 nitrogen and oxygen atoms in total. The fraction of sp³-hybridized carbons (Fsp3) is 0.159. The third-order valence-electron chi connectivity index (χ3n) is 9.38. The molecule has 294 valence electrons. The number of carboxylic acids is 1. The van der Waals surface area contributed by atoms with Gasteiger partial charge in [-0.15, -0.1) is 0 Å². The molecule has 0 aliphatic carbocycles. The number of benzene rings is 5. The molecule has 0 aliphatic rings. The number of hydrogen-bond donors (Lipinski definition) is 6. The van der Waals surface area contributed by atoms with Crippen LogP contribution in [0.2, 0.25) is 0 Å². The molecule has 0 spiro atoms. The molecule has 6 N–H and O–H groups in total. The number of anilines is 3. The summed E-state index contributed by atoms with van der Waals surface area (Å²) in [6.07, 6.45) is -0.230. The van der Waals surface area contributed by atoms with Gasteiger partial charge >= 0.3 is 5.97 Å². The Bertz CT molecular complexity index is 2460. The number of hydrogen-bond acceptors (Lipinski definition) is 9. The van der Waals surface area contributed by atoms with Gasteiger partial charge in [0.25, 0.3) is 11.8 Å². The van der Waals surface area contributed by atoms with Crippen LogP contribution in [0.15, 0.2) is 97.1 Å². The summed E-state index contributed by atoms with van der Waals surface area (Å²) in [5, 5.41) is 47.5. The maximum atomic E-state index is 13.2. The third kappa shape index (κ3) is 10.1. The second-order valence-electron chi connectivity index (χ2n) is 13.5. The van der Waals surface area contributed by atoms with E-state index in [1.54, 1.807) is 36.4 Å². The van der Waals surface area contributed by atoms with Crippen molar-refractivity contribution in [2.45, 2.75) is 39.5 Å². The molecule has 14 heteroatoms. The van der Waals surface area contributed by atoms with E-state index in [0.717, 1.165) is 6.07 Å². The number of Topliss-reactive ketones (excluding diaryl/α,β-unsaturated/α-hetero) is 2. The molecule has 0 bridgehead atoms. The zero-order chi connectivity index (χ0) is 42.1. The van der Waals surface area contributed by atoms with Crippen molar-refractivity contribution in [3.8, 4) is 17.6 Å². The molecular formula is C44H37FN4O9. The Morgan fingerprint density at radius 2 is 1.16 bits per heavy atom. The second kappa shape index (κ2) is 18.3. The number of carboxylic acid groups (broad SMARTS) is 1. The first-order valence-electron chi connectivity index (χ1n) is 17.8. The molecule has 5 aromatic carbocycles. The minimum Gasteiger partial charge on any atom is -0.507 e. The number of phenolic OH excluding ortho intramolecular Hbond substituents is 1. The zero-order valence-corrected chi connectivity index (χ0v) is 31.3. The number of halogens is 1. The van der Waals surface area contributed by atoms with E-state index in [9.17, 15) is 53.7 Å². The number of rotatable bonds is 15. The minimum atomic E-state index is -1.34. The first-order chi connectivity index (χ1) is 27.6. The average molecular weight is 785 g/mol. The van der Waals surface area contributed by atoms with Crippen LogP contribution in [0.25, 0.3) is 0 Å². The van der Waals surface area contributed by atoms with Crippen LogP contribution in [0.5, 0.6) is 11.5 Å². The normalized spacial score (nSPS) is 11.1. The molecule has 0 saturated carbocycles. The molecule has 5 aromatic rings. The summed E-state index contributed by atoms with van der Waals surface area (Å²) in [5.41, 5.74) is 2.30. The Balaban J connectivity index is 1.15. The van der Waals surface area contributed by atoms with Gasteiger partial charge in [0, 0.05) is 65.0 Å². The van der Waals surface area contributed by atoms with Gasteiger partial charge in [0.05, 0.1) is 17.6 Å². The second-order valence-corrected chi connectivity index (χ2v) is 13.5. The average Bonchev–Trinajstić information content (AvgIpc) is 3.19. The molecule has 0 fully saturated rings. The summed E-state index contributed by atoms with van der Waals surface area (Å²) in [7, 11) is 0. The minimum absolute atomic E-state index is 0.0839. The summed E-state index contributed by atoms with van der Waals surface area (Å²) in [6, 6.07) is 25.0. The Labute approximate surface area is 331 Å².